The number of carbonyl (C=O) groups is 1. The standard InChI is InChI=1S/C20H31N5O3/c1-3-15-13-17(22-19(21-15)24-9-11-28-12-10-24)25-8-6-20(18(26)27)5-4-7-23(2)16(20)14-25/h13,16H,3-12,14H2,1-2H3,(H,26,27)/t16-,20+/m1/s1. The van der Waals surface area contributed by atoms with E-state index in [1.807, 2.05) is 0 Å². The van der Waals surface area contributed by atoms with Crippen molar-refractivity contribution in [1.82, 2.24) is 14.9 Å². The number of aromatic nitrogens is 2. The Morgan fingerprint density at radius 3 is 2.71 bits per heavy atom. The molecule has 3 aliphatic heterocycles. The molecular weight excluding hydrogens is 358 g/mol. The third-order valence-electron chi connectivity index (χ3n) is 6.68. The predicted octanol–water partition coefficient (Wildman–Crippen LogP) is 1.25. The fourth-order valence-electron chi connectivity index (χ4n) is 4.91. The number of fused-ring (bicyclic) bond motifs is 1. The van der Waals surface area contributed by atoms with Gasteiger partial charge < -0.3 is 24.5 Å². The van der Waals surface area contributed by atoms with E-state index >= 15 is 0 Å². The van der Waals surface area contributed by atoms with Gasteiger partial charge in [-0.25, -0.2) is 4.98 Å². The molecule has 0 radical (unpaired) electrons. The van der Waals surface area contributed by atoms with Crippen molar-refractivity contribution in [2.45, 2.75) is 38.6 Å². The summed E-state index contributed by atoms with van der Waals surface area (Å²) < 4.78 is 5.46. The molecule has 154 valence electrons. The van der Waals surface area contributed by atoms with Crippen LogP contribution in [0.3, 0.4) is 0 Å². The Labute approximate surface area is 166 Å². The summed E-state index contributed by atoms with van der Waals surface area (Å²) >= 11 is 0. The lowest BCUT2D eigenvalue weighted by Crippen LogP contribution is -2.63. The molecule has 1 N–H and O–H groups in total. The lowest BCUT2D eigenvalue weighted by molar-refractivity contribution is -0.158. The molecule has 3 saturated heterocycles. The molecular formula is C20H31N5O3. The minimum Gasteiger partial charge on any atom is -0.481 e. The molecule has 0 bridgehead atoms. The Bertz CT molecular complexity index is 724. The van der Waals surface area contributed by atoms with Crippen LogP contribution in [0.2, 0.25) is 0 Å². The molecule has 0 saturated carbocycles. The molecule has 28 heavy (non-hydrogen) atoms. The summed E-state index contributed by atoms with van der Waals surface area (Å²) in [6.07, 6.45) is 3.24. The van der Waals surface area contributed by atoms with Crippen LogP contribution < -0.4 is 9.80 Å². The summed E-state index contributed by atoms with van der Waals surface area (Å²) in [5, 5.41) is 10.0. The largest absolute Gasteiger partial charge is 0.481 e. The normalized spacial score (nSPS) is 28.9. The van der Waals surface area contributed by atoms with Crippen LogP contribution in [0.25, 0.3) is 0 Å². The zero-order chi connectivity index (χ0) is 19.7. The van der Waals surface area contributed by atoms with Gasteiger partial charge in [0.1, 0.15) is 5.82 Å². The third kappa shape index (κ3) is 3.43. The van der Waals surface area contributed by atoms with Gasteiger partial charge in [0.25, 0.3) is 0 Å². The molecule has 1 aromatic rings. The van der Waals surface area contributed by atoms with Crippen molar-refractivity contribution in [2.75, 3.05) is 62.8 Å². The predicted molar refractivity (Wildman–Crippen MR) is 107 cm³/mol. The fourth-order valence-corrected chi connectivity index (χ4v) is 4.91. The van der Waals surface area contributed by atoms with Gasteiger partial charge >= 0.3 is 5.97 Å². The fraction of sp³-hybridized carbons (Fsp3) is 0.750. The number of carboxylic acids is 1. The number of rotatable bonds is 4. The summed E-state index contributed by atoms with van der Waals surface area (Å²) in [5.41, 5.74) is 0.399. The van der Waals surface area contributed by atoms with E-state index in [4.69, 9.17) is 14.7 Å². The third-order valence-corrected chi connectivity index (χ3v) is 6.68. The first-order valence-corrected chi connectivity index (χ1v) is 10.4. The minimum absolute atomic E-state index is 0.0133. The van der Waals surface area contributed by atoms with Gasteiger partial charge in [-0.15, -0.1) is 0 Å². The second-order valence-corrected chi connectivity index (χ2v) is 8.23. The lowest BCUT2D eigenvalue weighted by Gasteiger charge is -2.52. The van der Waals surface area contributed by atoms with Gasteiger partial charge in [-0.05, 0) is 39.3 Å². The average molecular weight is 390 g/mol. The number of likely N-dealkylation sites (N-methyl/N-ethyl adjacent to an activating group) is 1. The first-order valence-electron chi connectivity index (χ1n) is 10.4. The lowest BCUT2D eigenvalue weighted by atomic mass is 9.68. The van der Waals surface area contributed by atoms with Crippen molar-refractivity contribution >= 4 is 17.7 Å². The number of aliphatic carboxylic acids is 1. The molecule has 0 unspecified atom stereocenters. The van der Waals surface area contributed by atoms with Gasteiger partial charge in [-0.2, -0.15) is 4.98 Å². The number of aryl methyl sites for hydroxylation is 1. The zero-order valence-corrected chi connectivity index (χ0v) is 16.9. The van der Waals surface area contributed by atoms with E-state index in [-0.39, 0.29) is 6.04 Å². The van der Waals surface area contributed by atoms with Gasteiger partial charge in [-0.3, -0.25) is 4.79 Å². The van der Waals surface area contributed by atoms with Crippen molar-refractivity contribution in [3.05, 3.63) is 11.8 Å². The number of ether oxygens (including phenoxy) is 1. The van der Waals surface area contributed by atoms with Crippen LogP contribution in [0.4, 0.5) is 11.8 Å². The number of carboxylic acid groups (broad SMARTS) is 1. The summed E-state index contributed by atoms with van der Waals surface area (Å²) in [5.74, 6) is 1.05. The second-order valence-electron chi connectivity index (χ2n) is 8.23. The van der Waals surface area contributed by atoms with Gasteiger partial charge in [-0.1, -0.05) is 6.92 Å². The molecule has 8 nitrogen and oxygen atoms in total. The maximum absolute atomic E-state index is 12.2. The van der Waals surface area contributed by atoms with Crippen LogP contribution in [0.15, 0.2) is 6.07 Å². The van der Waals surface area contributed by atoms with E-state index in [9.17, 15) is 9.90 Å². The summed E-state index contributed by atoms with van der Waals surface area (Å²) in [6.45, 7) is 7.50. The summed E-state index contributed by atoms with van der Waals surface area (Å²) in [6, 6.07) is 2.08. The maximum atomic E-state index is 12.2. The van der Waals surface area contributed by atoms with Gasteiger partial charge in [0, 0.05) is 44.0 Å². The number of likely N-dealkylation sites (tertiary alicyclic amines) is 1. The number of hydrogen-bond acceptors (Lipinski definition) is 7. The molecule has 8 heteroatoms. The van der Waals surface area contributed by atoms with Crippen molar-refractivity contribution in [3.63, 3.8) is 0 Å². The maximum Gasteiger partial charge on any atom is 0.311 e. The highest BCUT2D eigenvalue weighted by Crippen LogP contribution is 2.43. The van der Waals surface area contributed by atoms with Crippen molar-refractivity contribution in [1.29, 1.82) is 0 Å². The molecule has 3 aliphatic rings. The quantitative estimate of drug-likeness (QED) is 0.824. The first kappa shape index (κ1) is 19.4. The number of anilines is 2. The number of piperidine rings is 2. The van der Waals surface area contributed by atoms with E-state index in [0.29, 0.717) is 26.2 Å². The van der Waals surface area contributed by atoms with E-state index in [1.165, 1.54) is 0 Å². The van der Waals surface area contributed by atoms with Crippen LogP contribution in [0.1, 0.15) is 31.9 Å². The Morgan fingerprint density at radius 1 is 1.21 bits per heavy atom. The van der Waals surface area contributed by atoms with E-state index in [0.717, 1.165) is 62.9 Å². The highest BCUT2D eigenvalue weighted by atomic mass is 16.5. The molecule has 0 amide bonds. The van der Waals surface area contributed by atoms with Crippen molar-refractivity contribution in [2.24, 2.45) is 5.41 Å². The molecule has 4 rings (SSSR count). The highest BCUT2D eigenvalue weighted by Gasteiger charge is 2.52. The van der Waals surface area contributed by atoms with Gasteiger partial charge in [0.05, 0.1) is 18.6 Å². The SMILES string of the molecule is CCc1cc(N2CC[C@@]3(C(=O)O)CCCN(C)[C@@H]3C2)nc(N2CCOCC2)n1. The molecule has 1 aromatic heterocycles. The number of nitrogens with zero attached hydrogens (tertiary/aromatic N) is 5. The van der Waals surface area contributed by atoms with Crippen LogP contribution >= 0.6 is 0 Å². The Hall–Kier alpha value is -1.93. The van der Waals surface area contributed by atoms with Gasteiger partial charge in [0.15, 0.2) is 0 Å². The van der Waals surface area contributed by atoms with Crippen LogP contribution in [-0.4, -0.2) is 85.0 Å². The highest BCUT2D eigenvalue weighted by molar-refractivity contribution is 5.76. The zero-order valence-electron chi connectivity index (χ0n) is 16.9. The Kier molecular flexibility index (Phi) is 5.42. The Balaban J connectivity index is 1.61. The van der Waals surface area contributed by atoms with Gasteiger partial charge in [0.2, 0.25) is 5.95 Å². The molecule has 0 aliphatic carbocycles. The monoisotopic (exact) mass is 389 g/mol. The topological polar surface area (TPSA) is 82.0 Å². The van der Waals surface area contributed by atoms with E-state index in [2.05, 4.69) is 34.7 Å². The molecule has 3 fully saturated rings. The summed E-state index contributed by atoms with van der Waals surface area (Å²) in [7, 11) is 2.06. The number of hydrogen-bond donors (Lipinski definition) is 1. The molecule has 0 spiro atoms. The average Bonchev–Trinajstić information content (AvgIpc) is 2.74. The molecule has 0 aromatic carbocycles. The summed E-state index contributed by atoms with van der Waals surface area (Å²) in [4.78, 5) is 28.5. The van der Waals surface area contributed by atoms with Crippen molar-refractivity contribution in [3.8, 4) is 0 Å². The van der Waals surface area contributed by atoms with E-state index < -0.39 is 11.4 Å². The van der Waals surface area contributed by atoms with Crippen LogP contribution in [0, 0.1) is 5.41 Å². The molecule has 4 heterocycles. The van der Waals surface area contributed by atoms with Crippen molar-refractivity contribution < 1.29 is 14.6 Å². The second kappa shape index (κ2) is 7.83. The minimum atomic E-state index is -0.644. The first-order chi connectivity index (χ1) is 13.5. The van der Waals surface area contributed by atoms with Crippen LogP contribution in [-0.2, 0) is 16.0 Å². The Morgan fingerprint density at radius 2 is 2.00 bits per heavy atom. The number of morpholine rings is 1. The molecule has 2 atom stereocenters. The van der Waals surface area contributed by atoms with Crippen LogP contribution in [0.5, 0.6) is 0 Å². The smallest absolute Gasteiger partial charge is 0.311 e. The van der Waals surface area contributed by atoms with E-state index in [1.54, 1.807) is 0 Å².